The van der Waals surface area contributed by atoms with Crippen LogP contribution in [0.2, 0.25) is 0 Å². The Morgan fingerprint density at radius 3 is 2.65 bits per heavy atom. The number of ether oxygens (including phenoxy) is 1. The van der Waals surface area contributed by atoms with Crippen molar-refractivity contribution in [2.75, 3.05) is 26.7 Å². The van der Waals surface area contributed by atoms with Gasteiger partial charge in [-0.25, -0.2) is 9.59 Å². The first kappa shape index (κ1) is 13.8. The van der Waals surface area contributed by atoms with E-state index in [4.69, 9.17) is 4.74 Å². The van der Waals surface area contributed by atoms with Crippen LogP contribution in [0.15, 0.2) is 0 Å². The van der Waals surface area contributed by atoms with Crippen LogP contribution >= 0.6 is 0 Å². The molecule has 0 aromatic rings. The fraction of sp³-hybridized carbons (Fsp3) is 0.833. The lowest BCUT2D eigenvalue weighted by Crippen LogP contribution is -2.52. The van der Waals surface area contributed by atoms with Crippen molar-refractivity contribution in [3.63, 3.8) is 0 Å². The third-order valence-electron chi connectivity index (χ3n) is 3.11. The molecule has 1 fully saturated rings. The second kappa shape index (κ2) is 6.47. The number of amides is 2. The van der Waals surface area contributed by atoms with E-state index in [1.807, 2.05) is 6.92 Å². The van der Waals surface area contributed by atoms with E-state index in [2.05, 4.69) is 0 Å². The molecule has 0 saturated carbocycles. The molecule has 1 atom stereocenters. The van der Waals surface area contributed by atoms with Crippen LogP contribution in [0.5, 0.6) is 0 Å². The maximum atomic E-state index is 12.1. The summed E-state index contributed by atoms with van der Waals surface area (Å²) < 4.78 is 5.02. The number of piperidine rings is 1. The van der Waals surface area contributed by atoms with Gasteiger partial charge in [-0.3, -0.25) is 0 Å². The predicted molar refractivity (Wildman–Crippen MR) is 64.7 cm³/mol. The van der Waals surface area contributed by atoms with Crippen LogP contribution in [0, 0.1) is 0 Å². The zero-order valence-corrected chi connectivity index (χ0v) is 10.9. The Hall–Kier alpha value is -1.26. The molecule has 0 N–H and O–H groups in total. The van der Waals surface area contributed by atoms with Crippen LogP contribution in [0.3, 0.4) is 0 Å². The largest absolute Gasteiger partial charge is 0.464 e. The highest BCUT2D eigenvalue weighted by atomic mass is 16.5. The minimum atomic E-state index is -0.398. The van der Waals surface area contributed by atoms with Crippen molar-refractivity contribution >= 4 is 12.0 Å². The Labute approximate surface area is 103 Å². The number of hydrogen-bond acceptors (Lipinski definition) is 3. The summed E-state index contributed by atoms with van der Waals surface area (Å²) in [5.41, 5.74) is 0. The molecule has 1 heterocycles. The molecule has 1 unspecified atom stereocenters. The number of esters is 1. The first-order valence-electron chi connectivity index (χ1n) is 6.30. The Kier molecular flexibility index (Phi) is 5.25. The molecule has 1 rings (SSSR count). The van der Waals surface area contributed by atoms with Crippen LogP contribution in [0.1, 0.15) is 33.1 Å². The molecule has 0 spiro atoms. The number of carbonyl (C=O) groups excluding carboxylic acids is 2. The fourth-order valence-corrected chi connectivity index (χ4v) is 2.00. The van der Waals surface area contributed by atoms with Gasteiger partial charge in [0.1, 0.15) is 6.04 Å². The minimum absolute atomic E-state index is 0.0785. The summed E-state index contributed by atoms with van der Waals surface area (Å²) >= 11 is 0. The third-order valence-corrected chi connectivity index (χ3v) is 3.11. The number of rotatable bonds is 3. The van der Waals surface area contributed by atoms with Gasteiger partial charge in [0.15, 0.2) is 0 Å². The molecule has 5 heteroatoms. The van der Waals surface area contributed by atoms with Crippen molar-refractivity contribution in [3.8, 4) is 0 Å². The normalized spacial score (nSPS) is 19.9. The molecule has 0 aliphatic carbocycles. The maximum absolute atomic E-state index is 12.1. The number of urea groups is 1. The molecule has 0 aromatic carbocycles. The average molecular weight is 242 g/mol. The summed E-state index contributed by atoms with van der Waals surface area (Å²) in [5, 5.41) is 0. The zero-order valence-electron chi connectivity index (χ0n) is 10.9. The van der Waals surface area contributed by atoms with E-state index >= 15 is 0 Å². The lowest BCUT2D eigenvalue weighted by Gasteiger charge is -2.36. The van der Waals surface area contributed by atoms with Gasteiger partial charge in [0.05, 0.1) is 6.61 Å². The van der Waals surface area contributed by atoms with Gasteiger partial charge < -0.3 is 14.5 Å². The van der Waals surface area contributed by atoms with Crippen molar-refractivity contribution in [1.82, 2.24) is 9.80 Å². The topological polar surface area (TPSA) is 49.9 Å². The van der Waals surface area contributed by atoms with Gasteiger partial charge in [-0.15, -0.1) is 0 Å². The molecular weight excluding hydrogens is 220 g/mol. The second-order valence-corrected chi connectivity index (χ2v) is 4.25. The van der Waals surface area contributed by atoms with E-state index in [-0.39, 0.29) is 12.0 Å². The van der Waals surface area contributed by atoms with E-state index in [0.717, 1.165) is 12.8 Å². The van der Waals surface area contributed by atoms with Gasteiger partial charge in [-0.1, -0.05) is 0 Å². The molecular formula is C12H22N2O3. The van der Waals surface area contributed by atoms with Crippen molar-refractivity contribution in [3.05, 3.63) is 0 Å². The van der Waals surface area contributed by atoms with Crippen LogP contribution in [0.25, 0.3) is 0 Å². The summed E-state index contributed by atoms with van der Waals surface area (Å²) in [6.07, 6.45) is 2.64. The molecule has 17 heavy (non-hydrogen) atoms. The predicted octanol–water partition coefficient (Wildman–Crippen LogP) is 1.48. The molecule has 0 radical (unpaired) electrons. The number of hydrogen-bond donors (Lipinski definition) is 0. The van der Waals surface area contributed by atoms with Crippen LogP contribution in [-0.4, -0.2) is 54.6 Å². The summed E-state index contributed by atoms with van der Waals surface area (Å²) in [5.74, 6) is -0.273. The number of likely N-dealkylation sites (tertiary alicyclic amines) is 1. The number of carbonyl (C=O) groups is 2. The van der Waals surface area contributed by atoms with Gasteiger partial charge in [-0.05, 0) is 33.1 Å². The maximum Gasteiger partial charge on any atom is 0.328 e. The lowest BCUT2D eigenvalue weighted by atomic mass is 10.0. The summed E-state index contributed by atoms with van der Waals surface area (Å²) in [7, 11) is 1.75. The van der Waals surface area contributed by atoms with Crippen molar-refractivity contribution in [2.24, 2.45) is 0 Å². The Balaban J connectivity index is 2.71. The average Bonchev–Trinajstić information content (AvgIpc) is 2.37. The van der Waals surface area contributed by atoms with Gasteiger partial charge in [0, 0.05) is 20.1 Å². The molecule has 2 amide bonds. The van der Waals surface area contributed by atoms with Crippen molar-refractivity contribution in [2.45, 2.75) is 39.2 Å². The molecule has 0 aromatic heterocycles. The van der Waals surface area contributed by atoms with E-state index in [9.17, 15) is 9.59 Å². The zero-order chi connectivity index (χ0) is 12.8. The summed E-state index contributed by atoms with van der Waals surface area (Å²) in [4.78, 5) is 27.1. The smallest absolute Gasteiger partial charge is 0.328 e. The second-order valence-electron chi connectivity index (χ2n) is 4.25. The van der Waals surface area contributed by atoms with Crippen LogP contribution in [-0.2, 0) is 9.53 Å². The van der Waals surface area contributed by atoms with E-state index < -0.39 is 6.04 Å². The highest BCUT2D eigenvalue weighted by Gasteiger charge is 2.34. The Morgan fingerprint density at radius 2 is 2.06 bits per heavy atom. The van der Waals surface area contributed by atoms with E-state index in [1.165, 1.54) is 0 Å². The van der Waals surface area contributed by atoms with Gasteiger partial charge in [0.2, 0.25) is 0 Å². The van der Waals surface area contributed by atoms with Crippen LogP contribution < -0.4 is 0 Å². The standard InChI is InChI=1S/C12H22N2O3/c1-4-13(3)12(16)14-9-7-6-8-10(14)11(15)17-5-2/h10H,4-9H2,1-3H3. The molecule has 98 valence electrons. The SMILES string of the molecule is CCOC(=O)C1CCCCN1C(=O)N(C)CC. The summed E-state index contributed by atoms with van der Waals surface area (Å²) in [6.45, 7) is 5.35. The monoisotopic (exact) mass is 242 g/mol. The third kappa shape index (κ3) is 3.35. The van der Waals surface area contributed by atoms with Gasteiger partial charge in [0.25, 0.3) is 0 Å². The van der Waals surface area contributed by atoms with E-state index in [1.54, 1.807) is 23.8 Å². The van der Waals surface area contributed by atoms with Crippen molar-refractivity contribution < 1.29 is 14.3 Å². The Morgan fingerprint density at radius 1 is 1.35 bits per heavy atom. The summed E-state index contributed by atoms with van der Waals surface area (Å²) in [6, 6.07) is -0.476. The first-order chi connectivity index (χ1) is 8.11. The van der Waals surface area contributed by atoms with Crippen molar-refractivity contribution in [1.29, 1.82) is 0 Å². The van der Waals surface area contributed by atoms with Crippen LogP contribution in [0.4, 0.5) is 4.79 Å². The Bertz CT molecular complexity index is 281. The molecule has 0 bridgehead atoms. The fourth-order valence-electron chi connectivity index (χ4n) is 2.00. The first-order valence-corrected chi connectivity index (χ1v) is 6.30. The van der Waals surface area contributed by atoms with Gasteiger partial charge >= 0.3 is 12.0 Å². The molecule has 1 aliphatic rings. The molecule has 1 saturated heterocycles. The number of nitrogens with zero attached hydrogens (tertiary/aromatic N) is 2. The highest BCUT2D eigenvalue weighted by molar-refractivity contribution is 5.83. The quantitative estimate of drug-likeness (QED) is 0.704. The minimum Gasteiger partial charge on any atom is -0.464 e. The van der Waals surface area contributed by atoms with Gasteiger partial charge in [-0.2, -0.15) is 0 Å². The molecule has 1 aliphatic heterocycles. The van der Waals surface area contributed by atoms with E-state index in [0.29, 0.717) is 26.1 Å². The molecule has 5 nitrogen and oxygen atoms in total. The highest BCUT2D eigenvalue weighted by Crippen LogP contribution is 2.19. The lowest BCUT2D eigenvalue weighted by molar-refractivity contribution is -0.149.